The summed E-state index contributed by atoms with van der Waals surface area (Å²) < 4.78 is 0. The number of likely N-dealkylation sites (tertiary alicyclic amines) is 1. The summed E-state index contributed by atoms with van der Waals surface area (Å²) >= 11 is 0. The van der Waals surface area contributed by atoms with Crippen LogP contribution in [0.15, 0.2) is 0 Å². The minimum Gasteiger partial charge on any atom is -0.481 e. The topological polar surface area (TPSA) is 52.6 Å². The van der Waals surface area contributed by atoms with Gasteiger partial charge in [-0.2, -0.15) is 0 Å². The van der Waals surface area contributed by atoms with Crippen molar-refractivity contribution in [2.75, 3.05) is 27.2 Å². The third-order valence-electron chi connectivity index (χ3n) is 3.51. The average molecular weight is 228 g/mol. The Labute approximate surface area is 98.0 Å². The first-order chi connectivity index (χ1) is 7.63. The molecule has 0 bridgehead atoms. The van der Waals surface area contributed by atoms with E-state index in [1.807, 2.05) is 7.05 Å². The van der Waals surface area contributed by atoms with Gasteiger partial charge in [0.15, 0.2) is 0 Å². The van der Waals surface area contributed by atoms with Gasteiger partial charge in [-0.3, -0.25) is 4.79 Å². The van der Waals surface area contributed by atoms with E-state index in [1.165, 1.54) is 19.4 Å². The van der Waals surface area contributed by atoms with Crippen molar-refractivity contribution in [3.63, 3.8) is 0 Å². The van der Waals surface area contributed by atoms with Gasteiger partial charge in [-0.25, -0.2) is 0 Å². The van der Waals surface area contributed by atoms with Crippen molar-refractivity contribution < 1.29 is 9.90 Å². The van der Waals surface area contributed by atoms with Crippen molar-refractivity contribution in [2.45, 2.75) is 38.1 Å². The van der Waals surface area contributed by atoms with Gasteiger partial charge in [0.05, 0.1) is 0 Å². The molecule has 0 aliphatic carbocycles. The molecule has 16 heavy (non-hydrogen) atoms. The largest absolute Gasteiger partial charge is 0.481 e. The molecule has 1 heterocycles. The zero-order chi connectivity index (χ0) is 12.0. The molecule has 0 radical (unpaired) electrons. The Morgan fingerprint density at radius 2 is 2.38 bits per heavy atom. The number of nitrogens with zero attached hydrogens (tertiary/aromatic N) is 1. The molecule has 1 fully saturated rings. The van der Waals surface area contributed by atoms with E-state index in [2.05, 4.69) is 17.3 Å². The van der Waals surface area contributed by atoms with Crippen molar-refractivity contribution in [1.29, 1.82) is 0 Å². The minimum absolute atomic E-state index is 0.292. The fourth-order valence-electron chi connectivity index (χ4n) is 2.62. The van der Waals surface area contributed by atoms with E-state index in [-0.39, 0.29) is 0 Å². The summed E-state index contributed by atoms with van der Waals surface area (Å²) in [5.74, 6) is -0.00633. The second-order valence-electron chi connectivity index (χ2n) is 4.85. The highest BCUT2D eigenvalue weighted by Crippen LogP contribution is 2.21. The van der Waals surface area contributed by atoms with Crippen LogP contribution in [0.4, 0.5) is 0 Å². The second-order valence-corrected chi connectivity index (χ2v) is 4.85. The Morgan fingerprint density at radius 1 is 1.62 bits per heavy atom. The molecule has 4 nitrogen and oxygen atoms in total. The minimum atomic E-state index is -0.685. The van der Waals surface area contributed by atoms with E-state index < -0.39 is 5.97 Å². The molecule has 1 saturated heterocycles. The van der Waals surface area contributed by atoms with Gasteiger partial charge in [-0.05, 0) is 52.2 Å². The van der Waals surface area contributed by atoms with E-state index >= 15 is 0 Å². The predicted molar refractivity (Wildman–Crippen MR) is 64.6 cm³/mol. The molecule has 0 aromatic heterocycles. The van der Waals surface area contributed by atoms with Crippen LogP contribution >= 0.6 is 0 Å². The summed E-state index contributed by atoms with van der Waals surface area (Å²) in [6.07, 6.45) is 4.57. The number of hydrogen-bond donors (Lipinski definition) is 2. The van der Waals surface area contributed by atoms with Crippen molar-refractivity contribution in [1.82, 2.24) is 10.2 Å². The van der Waals surface area contributed by atoms with Crippen molar-refractivity contribution in [2.24, 2.45) is 5.92 Å². The van der Waals surface area contributed by atoms with Crippen LogP contribution in [0.5, 0.6) is 0 Å². The summed E-state index contributed by atoms with van der Waals surface area (Å²) in [5, 5.41) is 12.0. The SMILES string of the molecule is CNC(CCCC(=O)O)C1CCCN(C)C1. The molecule has 0 amide bonds. The van der Waals surface area contributed by atoms with Crippen molar-refractivity contribution in [3.8, 4) is 0 Å². The average Bonchev–Trinajstić information content (AvgIpc) is 2.24. The molecule has 4 heteroatoms. The first-order valence-electron chi connectivity index (χ1n) is 6.21. The fraction of sp³-hybridized carbons (Fsp3) is 0.917. The Hall–Kier alpha value is -0.610. The Morgan fingerprint density at radius 3 is 2.94 bits per heavy atom. The van der Waals surface area contributed by atoms with Gasteiger partial charge in [-0.1, -0.05) is 0 Å². The van der Waals surface area contributed by atoms with E-state index in [9.17, 15) is 4.79 Å². The lowest BCUT2D eigenvalue weighted by Gasteiger charge is -2.35. The zero-order valence-corrected chi connectivity index (χ0v) is 10.4. The number of carboxylic acid groups (broad SMARTS) is 1. The molecule has 0 saturated carbocycles. The standard InChI is InChI=1S/C12H24N2O2/c1-13-11(6-3-7-12(15)16)10-5-4-8-14(2)9-10/h10-11,13H,3-9H2,1-2H3,(H,15,16). The first-order valence-corrected chi connectivity index (χ1v) is 6.21. The van der Waals surface area contributed by atoms with Crippen molar-refractivity contribution >= 4 is 5.97 Å². The Bertz CT molecular complexity index is 221. The summed E-state index contributed by atoms with van der Waals surface area (Å²) in [7, 11) is 4.15. The van der Waals surface area contributed by atoms with Crippen LogP contribution in [0.1, 0.15) is 32.1 Å². The number of nitrogens with one attached hydrogen (secondary N) is 1. The molecule has 2 atom stereocenters. The maximum Gasteiger partial charge on any atom is 0.303 e. The number of piperidine rings is 1. The highest BCUT2D eigenvalue weighted by atomic mass is 16.4. The number of hydrogen-bond acceptors (Lipinski definition) is 3. The summed E-state index contributed by atoms with van der Waals surface area (Å²) in [5.41, 5.74) is 0. The van der Waals surface area contributed by atoms with Gasteiger partial charge >= 0.3 is 5.97 Å². The van der Waals surface area contributed by atoms with Crippen LogP contribution in [0, 0.1) is 5.92 Å². The van der Waals surface area contributed by atoms with Crippen LogP contribution < -0.4 is 5.32 Å². The summed E-state index contributed by atoms with van der Waals surface area (Å²) in [6.45, 7) is 2.33. The van der Waals surface area contributed by atoms with E-state index in [4.69, 9.17) is 5.11 Å². The third-order valence-corrected chi connectivity index (χ3v) is 3.51. The van der Waals surface area contributed by atoms with Gasteiger partial charge in [0.2, 0.25) is 0 Å². The zero-order valence-electron chi connectivity index (χ0n) is 10.4. The fourth-order valence-corrected chi connectivity index (χ4v) is 2.62. The number of carbonyl (C=O) groups is 1. The molecule has 0 spiro atoms. The van der Waals surface area contributed by atoms with Crippen LogP contribution in [0.2, 0.25) is 0 Å². The van der Waals surface area contributed by atoms with E-state index in [1.54, 1.807) is 0 Å². The highest BCUT2D eigenvalue weighted by molar-refractivity contribution is 5.66. The van der Waals surface area contributed by atoms with Gasteiger partial charge in [0, 0.05) is 19.0 Å². The van der Waals surface area contributed by atoms with Crippen LogP contribution in [-0.2, 0) is 4.79 Å². The lowest BCUT2D eigenvalue weighted by molar-refractivity contribution is -0.137. The molecular weight excluding hydrogens is 204 g/mol. The van der Waals surface area contributed by atoms with E-state index in [0.29, 0.717) is 18.4 Å². The summed E-state index contributed by atoms with van der Waals surface area (Å²) in [6, 6.07) is 0.474. The Kier molecular flexibility index (Phi) is 5.77. The van der Waals surface area contributed by atoms with Crippen LogP contribution in [-0.4, -0.2) is 49.2 Å². The maximum absolute atomic E-state index is 10.5. The monoisotopic (exact) mass is 228 g/mol. The number of rotatable bonds is 6. The molecule has 2 N–H and O–H groups in total. The number of aliphatic carboxylic acids is 1. The van der Waals surface area contributed by atoms with Crippen molar-refractivity contribution in [3.05, 3.63) is 0 Å². The molecule has 2 unspecified atom stereocenters. The molecule has 1 rings (SSSR count). The predicted octanol–water partition coefficient (Wildman–Crippen LogP) is 1.17. The molecule has 1 aliphatic heterocycles. The smallest absolute Gasteiger partial charge is 0.303 e. The van der Waals surface area contributed by atoms with Gasteiger partial charge in [0.1, 0.15) is 0 Å². The maximum atomic E-state index is 10.5. The molecule has 94 valence electrons. The molecule has 0 aromatic carbocycles. The van der Waals surface area contributed by atoms with Gasteiger partial charge < -0.3 is 15.3 Å². The summed E-state index contributed by atoms with van der Waals surface area (Å²) in [4.78, 5) is 12.8. The van der Waals surface area contributed by atoms with Crippen LogP contribution in [0.25, 0.3) is 0 Å². The normalized spacial score (nSPS) is 24.2. The van der Waals surface area contributed by atoms with Gasteiger partial charge in [0.25, 0.3) is 0 Å². The third kappa shape index (κ3) is 4.49. The molecule has 1 aliphatic rings. The Balaban J connectivity index is 2.31. The van der Waals surface area contributed by atoms with Crippen LogP contribution in [0.3, 0.4) is 0 Å². The van der Waals surface area contributed by atoms with Gasteiger partial charge in [-0.15, -0.1) is 0 Å². The van der Waals surface area contributed by atoms with E-state index in [0.717, 1.165) is 19.4 Å². The highest BCUT2D eigenvalue weighted by Gasteiger charge is 2.24. The lowest BCUT2D eigenvalue weighted by Crippen LogP contribution is -2.43. The second kappa shape index (κ2) is 6.86. The molecular formula is C12H24N2O2. The quantitative estimate of drug-likeness (QED) is 0.716. The first kappa shape index (κ1) is 13.5. The molecule has 0 aromatic rings. The number of carboxylic acids is 1. The lowest BCUT2D eigenvalue weighted by atomic mass is 9.88.